The molecule has 1 aromatic heterocycles. The number of benzene rings is 1. The number of carboxylic acid groups (broad SMARTS) is 1. The van der Waals surface area contributed by atoms with Gasteiger partial charge in [-0.1, -0.05) is 23.9 Å². The second-order valence-corrected chi connectivity index (χ2v) is 4.85. The van der Waals surface area contributed by atoms with Crippen molar-refractivity contribution in [3.63, 3.8) is 0 Å². The van der Waals surface area contributed by atoms with Gasteiger partial charge >= 0.3 is 5.97 Å². The van der Waals surface area contributed by atoms with Gasteiger partial charge in [0.2, 0.25) is 0 Å². The summed E-state index contributed by atoms with van der Waals surface area (Å²) in [6, 6.07) is 9.30. The van der Waals surface area contributed by atoms with Crippen LogP contribution in [0.25, 0.3) is 0 Å². The fourth-order valence-electron chi connectivity index (χ4n) is 1.46. The molecule has 2 aromatic rings. The Kier molecular flexibility index (Phi) is 3.94. The lowest BCUT2D eigenvalue weighted by molar-refractivity contribution is -0.136. The van der Waals surface area contributed by atoms with E-state index in [1.165, 1.54) is 11.8 Å². The average molecular weight is 260 g/mol. The zero-order chi connectivity index (χ0) is 13.0. The number of aryl methyl sites for hydroxylation is 1. The Balaban J connectivity index is 2.08. The highest BCUT2D eigenvalue weighted by Gasteiger charge is 2.02. The maximum Gasteiger partial charge on any atom is 0.307 e. The van der Waals surface area contributed by atoms with Crippen molar-refractivity contribution in [1.29, 1.82) is 0 Å². The van der Waals surface area contributed by atoms with Crippen LogP contribution in [0.4, 0.5) is 0 Å². The maximum absolute atomic E-state index is 10.6. The molecule has 0 radical (unpaired) electrons. The third-order valence-electron chi connectivity index (χ3n) is 2.25. The van der Waals surface area contributed by atoms with Crippen molar-refractivity contribution in [2.24, 2.45) is 0 Å². The number of rotatable bonds is 4. The molecular weight excluding hydrogens is 248 g/mol. The third kappa shape index (κ3) is 3.56. The monoisotopic (exact) mass is 260 g/mol. The minimum atomic E-state index is -0.818. The Hall–Kier alpha value is -1.88. The zero-order valence-corrected chi connectivity index (χ0v) is 10.6. The molecular formula is C13H12N2O2S. The van der Waals surface area contributed by atoms with Crippen molar-refractivity contribution in [2.45, 2.75) is 23.3 Å². The van der Waals surface area contributed by atoms with Crippen molar-refractivity contribution in [3.8, 4) is 0 Å². The second kappa shape index (κ2) is 5.64. The maximum atomic E-state index is 10.6. The van der Waals surface area contributed by atoms with Gasteiger partial charge in [-0.25, -0.2) is 9.97 Å². The van der Waals surface area contributed by atoms with Crippen LogP contribution in [0.15, 0.2) is 46.5 Å². The highest BCUT2D eigenvalue weighted by atomic mass is 32.2. The topological polar surface area (TPSA) is 63.1 Å². The molecule has 0 aliphatic carbocycles. The van der Waals surface area contributed by atoms with Crippen LogP contribution >= 0.6 is 11.8 Å². The van der Waals surface area contributed by atoms with Gasteiger partial charge in [-0.05, 0) is 30.7 Å². The molecule has 0 fully saturated rings. The van der Waals surface area contributed by atoms with E-state index in [0.717, 1.165) is 21.3 Å². The smallest absolute Gasteiger partial charge is 0.307 e. The Morgan fingerprint density at radius 2 is 2.00 bits per heavy atom. The van der Waals surface area contributed by atoms with Crippen LogP contribution < -0.4 is 0 Å². The molecule has 4 nitrogen and oxygen atoms in total. The van der Waals surface area contributed by atoms with Gasteiger partial charge in [-0.2, -0.15) is 0 Å². The predicted octanol–water partition coefficient (Wildman–Crippen LogP) is 2.56. The first-order valence-corrected chi connectivity index (χ1v) is 6.23. The van der Waals surface area contributed by atoms with Gasteiger partial charge in [0.05, 0.1) is 6.42 Å². The van der Waals surface area contributed by atoms with E-state index in [0.29, 0.717) is 0 Å². The molecule has 0 aliphatic heterocycles. The lowest BCUT2D eigenvalue weighted by atomic mass is 10.2. The molecule has 0 bridgehead atoms. The number of hydrogen-bond donors (Lipinski definition) is 1. The first-order valence-electron chi connectivity index (χ1n) is 5.42. The molecule has 0 aliphatic rings. The van der Waals surface area contributed by atoms with Crippen LogP contribution in [0.3, 0.4) is 0 Å². The molecule has 18 heavy (non-hydrogen) atoms. The molecule has 0 amide bonds. The first kappa shape index (κ1) is 12.6. The quantitative estimate of drug-likeness (QED) is 0.856. The van der Waals surface area contributed by atoms with E-state index in [-0.39, 0.29) is 6.42 Å². The van der Waals surface area contributed by atoms with Crippen molar-refractivity contribution >= 4 is 17.7 Å². The summed E-state index contributed by atoms with van der Waals surface area (Å²) >= 11 is 1.53. The molecule has 1 aromatic carbocycles. The Morgan fingerprint density at radius 1 is 1.28 bits per heavy atom. The summed E-state index contributed by atoms with van der Waals surface area (Å²) in [6.45, 7) is 1.85. The Bertz CT molecular complexity index is 555. The molecule has 0 unspecified atom stereocenters. The molecule has 0 saturated carbocycles. The normalized spacial score (nSPS) is 10.3. The number of carboxylic acids is 1. The summed E-state index contributed by atoms with van der Waals surface area (Å²) in [4.78, 5) is 19.9. The molecule has 0 saturated heterocycles. The molecule has 0 atom stereocenters. The van der Waals surface area contributed by atoms with Gasteiger partial charge in [0.25, 0.3) is 0 Å². The minimum Gasteiger partial charge on any atom is -0.481 e. The van der Waals surface area contributed by atoms with Crippen LogP contribution in [0, 0.1) is 6.92 Å². The fraction of sp³-hybridized carbons (Fsp3) is 0.154. The van der Waals surface area contributed by atoms with Gasteiger partial charge < -0.3 is 5.11 Å². The molecule has 5 heteroatoms. The number of hydrogen-bond acceptors (Lipinski definition) is 4. The SMILES string of the molecule is Cc1nccc(Sc2ccc(CC(=O)O)cc2)n1. The van der Waals surface area contributed by atoms with E-state index in [4.69, 9.17) is 5.11 Å². The van der Waals surface area contributed by atoms with Gasteiger partial charge in [0.15, 0.2) is 0 Å². The lowest BCUT2D eigenvalue weighted by Gasteiger charge is -2.02. The Morgan fingerprint density at radius 3 is 2.61 bits per heavy atom. The number of aliphatic carboxylic acids is 1. The fourth-order valence-corrected chi connectivity index (χ4v) is 2.28. The minimum absolute atomic E-state index is 0.0531. The van der Waals surface area contributed by atoms with Crippen LogP contribution in [-0.4, -0.2) is 21.0 Å². The van der Waals surface area contributed by atoms with Gasteiger partial charge in [-0.15, -0.1) is 0 Å². The summed E-state index contributed by atoms with van der Waals surface area (Å²) < 4.78 is 0. The van der Waals surface area contributed by atoms with E-state index in [9.17, 15) is 4.79 Å². The zero-order valence-electron chi connectivity index (χ0n) is 9.83. The summed E-state index contributed by atoms with van der Waals surface area (Å²) in [5, 5.41) is 9.56. The van der Waals surface area contributed by atoms with Crippen LogP contribution in [0.1, 0.15) is 11.4 Å². The highest BCUT2D eigenvalue weighted by molar-refractivity contribution is 7.99. The summed E-state index contributed by atoms with van der Waals surface area (Å²) in [6.07, 6.45) is 1.78. The average Bonchev–Trinajstić information content (AvgIpc) is 2.31. The largest absolute Gasteiger partial charge is 0.481 e. The van der Waals surface area contributed by atoms with E-state index in [1.54, 1.807) is 6.20 Å². The standard InChI is InChI=1S/C13H12N2O2S/c1-9-14-7-6-12(15-9)18-11-4-2-10(3-5-11)8-13(16)17/h2-7H,8H2,1H3,(H,16,17). The van der Waals surface area contributed by atoms with Crippen LogP contribution in [0.2, 0.25) is 0 Å². The predicted molar refractivity (Wildman–Crippen MR) is 68.7 cm³/mol. The van der Waals surface area contributed by atoms with Gasteiger partial charge in [-0.3, -0.25) is 4.79 Å². The van der Waals surface area contributed by atoms with Crippen molar-refractivity contribution in [3.05, 3.63) is 47.9 Å². The van der Waals surface area contributed by atoms with E-state index in [1.807, 2.05) is 37.3 Å². The second-order valence-electron chi connectivity index (χ2n) is 3.76. The molecule has 1 N–H and O–H groups in total. The highest BCUT2D eigenvalue weighted by Crippen LogP contribution is 2.25. The first-order chi connectivity index (χ1) is 8.63. The Labute approximate surface area is 109 Å². The third-order valence-corrected chi connectivity index (χ3v) is 3.20. The molecule has 2 rings (SSSR count). The summed E-state index contributed by atoms with van der Waals surface area (Å²) in [5.41, 5.74) is 0.797. The molecule has 1 heterocycles. The lowest BCUT2D eigenvalue weighted by Crippen LogP contribution is -1.99. The van der Waals surface area contributed by atoms with Crippen LogP contribution in [-0.2, 0) is 11.2 Å². The molecule has 0 spiro atoms. The van der Waals surface area contributed by atoms with Crippen molar-refractivity contribution in [1.82, 2.24) is 9.97 Å². The summed E-state index contributed by atoms with van der Waals surface area (Å²) in [7, 11) is 0. The van der Waals surface area contributed by atoms with Crippen molar-refractivity contribution in [2.75, 3.05) is 0 Å². The van der Waals surface area contributed by atoms with E-state index in [2.05, 4.69) is 9.97 Å². The number of carbonyl (C=O) groups is 1. The number of nitrogens with zero attached hydrogens (tertiary/aromatic N) is 2. The van der Waals surface area contributed by atoms with Gasteiger partial charge in [0, 0.05) is 11.1 Å². The van der Waals surface area contributed by atoms with Gasteiger partial charge in [0.1, 0.15) is 10.9 Å². The van der Waals surface area contributed by atoms with E-state index < -0.39 is 5.97 Å². The molecule has 92 valence electrons. The summed E-state index contributed by atoms with van der Waals surface area (Å²) in [5.74, 6) is -0.0793. The van der Waals surface area contributed by atoms with Crippen LogP contribution in [0.5, 0.6) is 0 Å². The number of aromatic nitrogens is 2. The van der Waals surface area contributed by atoms with Crippen molar-refractivity contribution < 1.29 is 9.90 Å². The van der Waals surface area contributed by atoms with E-state index >= 15 is 0 Å².